The third-order valence-electron chi connectivity index (χ3n) is 1.92. The number of benzene rings is 1. The van der Waals surface area contributed by atoms with Crippen LogP contribution in [0, 0.1) is 5.82 Å². The molecule has 1 atom stereocenters. The minimum absolute atomic E-state index is 0.284. The van der Waals surface area contributed by atoms with E-state index in [1.54, 1.807) is 17.9 Å². The first kappa shape index (κ1) is 9.99. The Morgan fingerprint density at radius 3 is 2.46 bits per heavy atom. The van der Waals surface area contributed by atoms with E-state index in [0.29, 0.717) is 0 Å². The molecule has 1 aromatic rings. The van der Waals surface area contributed by atoms with Gasteiger partial charge in [0.25, 0.3) is 0 Å². The zero-order valence-corrected chi connectivity index (χ0v) is 8.08. The average Bonchev–Trinajstić information content (AvgIpc) is 2.03. The van der Waals surface area contributed by atoms with Gasteiger partial charge in [-0.2, -0.15) is 0 Å². The molecule has 0 aliphatic heterocycles. The van der Waals surface area contributed by atoms with Crippen LogP contribution in [0.1, 0.15) is 18.6 Å². The molecule has 0 aliphatic rings. The van der Waals surface area contributed by atoms with Gasteiger partial charge in [-0.25, -0.2) is 4.39 Å². The Morgan fingerprint density at radius 1 is 1.38 bits per heavy atom. The second-order valence-corrected chi connectivity index (χ2v) is 3.27. The summed E-state index contributed by atoms with van der Waals surface area (Å²) in [5.74, 6) is -0.284. The maximum absolute atomic E-state index is 12.9. The first-order valence-corrected chi connectivity index (χ1v) is 4.17. The molecule has 1 aromatic carbocycles. The van der Waals surface area contributed by atoms with E-state index in [1.165, 1.54) is 12.1 Å². The second-order valence-electron chi connectivity index (χ2n) is 3.27. The molecule has 13 heavy (non-hydrogen) atoms. The molecular weight excluding hydrogens is 169 g/mol. The van der Waals surface area contributed by atoms with Crippen molar-refractivity contribution in [3.63, 3.8) is 0 Å². The van der Waals surface area contributed by atoms with Crippen LogP contribution < -0.4 is 4.90 Å². The van der Waals surface area contributed by atoms with Crippen molar-refractivity contribution < 1.29 is 9.50 Å². The fraction of sp³-hybridized carbons (Fsp3) is 0.400. The summed E-state index contributed by atoms with van der Waals surface area (Å²) >= 11 is 0. The number of halogens is 1. The molecule has 0 aromatic heterocycles. The van der Waals surface area contributed by atoms with Crippen molar-refractivity contribution in [2.24, 2.45) is 0 Å². The largest absolute Gasteiger partial charge is 0.389 e. The highest BCUT2D eigenvalue weighted by Gasteiger charge is 2.09. The highest BCUT2D eigenvalue weighted by Crippen LogP contribution is 2.25. The number of hydrogen-bond donors (Lipinski definition) is 1. The van der Waals surface area contributed by atoms with Gasteiger partial charge >= 0.3 is 0 Å². The maximum Gasteiger partial charge on any atom is 0.125 e. The van der Waals surface area contributed by atoms with Gasteiger partial charge in [-0.1, -0.05) is 6.07 Å². The average molecular weight is 183 g/mol. The summed E-state index contributed by atoms with van der Waals surface area (Å²) in [6, 6.07) is 4.38. The van der Waals surface area contributed by atoms with Gasteiger partial charge in [0, 0.05) is 25.3 Å². The number of aliphatic hydroxyl groups excluding tert-OH is 1. The Balaban J connectivity index is 3.19. The molecule has 0 heterocycles. The van der Waals surface area contributed by atoms with Crippen molar-refractivity contribution >= 4 is 5.69 Å². The smallest absolute Gasteiger partial charge is 0.125 e. The third-order valence-corrected chi connectivity index (χ3v) is 1.92. The molecule has 0 spiro atoms. The molecule has 0 bridgehead atoms. The second kappa shape index (κ2) is 3.75. The minimum atomic E-state index is -0.571. The molecule has 0 saturated carbocycles. The summed E-state index contributed by atoms with van der Waals surface area (Å²) in [5.41, 5.74) is 1.46. The van der Waals surface area contributed by atoms with E-state index in [4.69, 9.17) is 0 Å². The topological polar surface area (TPSA) is 23.5 Å². The molecule has 1 unspecified atom stereocenters. The van der Waals surface area contributed by atoms with Gasteiger partial charge in [0.2, 0.25) is 0 Å². The third kappa shape index (κ3) is 2.18. The van der Waals surface area contributed by atoms with E-state index in [1.807, 2.05) is 14.1 Å². The Morgan fingerprint density at radius 2 is 2.00 bits per heavy atom. The van der Waals surface area contributed by atoms with Gasteiger partial charge in [-0.15, -0.1) is 0 Å². The van der Waals surface area contributed by atoms with Crippen LogP contribution in [0.3, 0.4) is 0 Å². The van der Waals surface area contributed by atoms with Crippen LogP contribution in [0.15, 0.2) is 18.2 Å². The fourth-order valence-corrected chi connectivity index (χ4v) is 1.26. The Kier molecular flexibility index (Phi) is 2.88. The molecule has 3 heteroatoms. The van der Waals surface area contributed by atoms with Crippen molar-refractivity contribution in [3.8, 4) is 0 Å². The van der Waals surface area contributed by atoms with Gasteiger partial charge in [0.1, 0.15) is 5.82 Å². The molecule has 0 saturated heterocycles. The van der Waals surface area contributed by atoms with Crippen LogP contribution in [-0.2, 0) is 0 Å². The Labute approximate surface area is 77.6 Å². The first-order valence-electron chi connectivity index (χ1n) is 4.17. The quantitative estimate of drug-likeness (QED) is 0.757. The van der Waals surface area contributed by atoms with E-state index < -0.39 is 6.10 Å². The van der Waals surface area contributed by atoms with E-state index in [-0.39, 0.29) is 5.82 Å². The first-order chi connectivity index (χ1) is 6.02. The molecule has 0 fully saturated rings. The van der Waals surface area contributed by atoms with Gasteiger partial charge in [0.05, 0.1) is 6.10 Å². The van der Waals surface area contributed by atoms with E-state index in [9.17, 15) is 9.50 Å². The zero-order valence-electron chi connectivity index (χ0n) is 8.08. The predicted octanol–water partition coefficient (Wildman–Crippen LogP) is 1.94. The number of rotatable bonds is 2. The molecule has 2 nitrogen and oxygen atoms in total. The van der Waals surface area contributed by atoms with E-state index >= 15 is 0 Å². The normalized spacial score (nSPS) is 12.7. The van der Waals surface area contributed by atoms with Crippen LogP contribution in [0.25, 0.3) is 0 Å². The zero-order chi connectivity index (χ0) is 10.0. The van der Waals surface area contributed by atoms with Crippen molar-refractivity contribution in [1.82, 2.24) is 0 Å². The molecule has 1 N–H and O–H groups in total. The Bertz CT molecular complexity index is 297. The highest BCUT2D eigenvalue weighted by molar-refractivity contribution is 5.53. The van der Waals surface area contributed by atoms with Gasteiger partial charge in [0.15, 0.2) is 0 Å². The van der Waals surface area contributed by atoms with Crippen LogP contribution in [-0.4, -0.2) is 19.2 Å². The number of aliphatic hydroxyl groups is 1. The highest BCUT2D eigenvalue weighted by atomic mass is 19.1. The van der Waals surface area contributed by atoms with E-state index in [2.05, 4.69) is 0 Å². The molecule has 0 radical (unpaired) electrons. The number of hydrogen-bond acceptors (Lipinski definition) is 2. The minimum Gasteiger partial charge on any atom is -0.389 e. The number of nitrogens with zero attached hydrogens (tertiary/aromatic N) is 1. The fourth-order valence-electron chi connectivity index (χ4n) is 1.26. The predicted molar refractivity (Wildman–Crippen MR) is 51.4 cm³/mol. The lowest BCUT2D eigenvalue weighted by atomic mass is 10.1. The number of anilines is 1. The van der Waals surface area contributed by atoms with Gasteiger partial charge in [-0.05, 0) is 19.1 Å². The summed E-state index contributed by atoms with van der Waals surface area (Å²) in [6.07, 6.45) is -0.571. The van der Waals surface area contributed by atoms with E-state index in [0.717, 1.165) is 11.3 Å². The summed E-state index contributed by atoms with van der Waals surface area (Å²) in [5, 5.41) is 9.40. The van der Waals surface area contributed by atoms with Crippen LogP contribution >= 0.6 is 0 Å². The van der Waals surface area contributed by atoms with Gasteiger partial charge < -0.3 is 10.0 Å². The lowest BCUT2D eigenvalue weighted by molar-refractivity contribution is 0.199. The van der Waals surface area contributed by atoms with Gasteiger partial charge in [-0.3, -0.25) is 0 Å². The van der Waals surface area contributed by atoms with Crippen molar-refractivity contribution in [3.05, 3.63) is 29.6 Å². The lowest BCUT2D eigenvalue weighted by Crippen LogP contribution is -2.12. The summed E-state index contributed by atoms with van der Waals surface area (Å²) in [4.78, 5) is 1.78. The van der Waals surface area contributed by atoms with Crippen molar-refractivity contribution in [2.75, 3.05) is 19.0 Å². The van der Waals surface area contributed by atoms with Crippen molar-refractivity contribution in [1.29, 1.82) is 0 Å². The molecule has 1 rings (SSSR count). The monoisotopic (exact) mass is 183 g/mol. The van der Waals surface area contributed by atoms with Crippen LogP contribution in [0.2, 0.25) is 0 Å². The molecule has 0 aliphatic carbocycles. The summed E-state index contributed by atoms with van der Waals surface area (Å²) < 4.78 is 12.9. The van der Waals surface area contributed by atoms with Crippen LogP contribution in [0.5, 0.6) is 0 Å². The molecule has 72 valence electrons. The SMILES string of the molecule is CC(O)c1ccc(F)cc1N(C)C. The molecular formula is C10H14FNO. The Hall–Kier alpha value is -1.09. The summed E-state index contributed by atoms with van der Waals surface area (Å²) in [7, 11) is 3.64. The summed E-state index contributed by atoms with van der Waals surface area (Å²) in [6.45, 7) is 1.67. The standard InChI is InChI=1S/C10H14FNO/c1-7(13)9-5-4-8(11)6-10(9)12(2)3/h4-7,13H,1-3H3. The molecule has 0 amide bonds. The van der Waals surface area contributed by atoms with Crippen LogP contribution in [0.4, 0.5) is 10.1 Å². The van der Waals surface area contributed by atoms with Crippen molar-refractivity contribution in [2.45, 2.75) is 13.0 Å². The maximum atomic E-state index is 12.9. The lowest BCUT2D eigenvalue weighted by Gasteiger charge is -2.18.